The molecule has 10 nitrogen and oxygen atoms in total. The van der Waals surface area contributed by atoms with Crippen LogP contribution in [0, 0.1) is 6.92 Å². The number of carbonyl (C=O) groups excluding carboxylic acids is 1. The standard InChI is InChI=1S/C32H39N7O3/c1-5-32(3,4)38-31(40)23-7-6-8-25(18-23)42-28-10-9-24(17-22(28)2)37-30-26-19-29(34-20-27(26)35-21-36-30)33-11-12-39-13-15-41-16-14-39/h6-10,17-21H,5,11-16H2,1-4H3,(H,33,34)(H,38,40)(H,35,36,37). The molecule has 0 radical (unpaired) electrons. The zero-order chi connectivity index (χ0) is 29.5. The Kier molecular flexibility index (Phi) is 9.14. The van der Waals surface area contributed by atoms with Crippen molar-refractivity contribution < 1.29 is 14.3 Å². The Morgan fingerprint density at radius 1 is 1.07 bits per heavy atom. The van der Waals surface area contributed by atoms with Gasteiger partial charge in [-0.25, -0.2) is 15.0 Å². The monoisotopic (exact) mass is 569 g/mol. The van der Waals surface area contributed by atoms with Crippen LogP contribution < -0.4 is 20.7 Å². The summed E-state index contributed by atoms with van der Waals surface area (Å²) in [5.74, 6) is 2.66. The van der Waals surface area contributed by atoms with E-state index in [1.807, 2.05) is 57.2 Å². The van der Waals surface area contributed by atoms with Crippen molar-refractivity contribution in [3.8, 4) is 11.5 Å². The first-order chi connectivity index (χ1) is 20.3. The zero-order valence-corrected chi connectivity index (χ0v) is 24.7. The van der Waals surface area contributed by atoms with E-state index in [0.29, 0.717) is 22.9 Å². The van der Waals surface area contributed by atoms with Crippen LogP contribution in [0.3, 0.4) is 0 Å². The minimum absolute atomic E-state index is 0.119. The average molecular weight is 570 g/mol. The predicted molar refractivity (Wildman–Crippen MR) is 166 cm³/mol. The molecule has 2 aromatic carbocycles. The van der Waals surface area contributed by atoms with Gasteiger partial charge in [0, 0.05) is 48.4 Å². The summed E-state index contributed by atoms with van der Waals surface area (Å²) < 4.78 is 11.6. The van der Waals surface area contributed by atoms with Gasteiger partial charge in [-0.3, -0.25) is 9.69 Å². The van der Waals surface area contributed by atoms with E-state index in [0.717, 1.165) is 73.8 Å². The number of pyridine rings is 1. The molecule has 1 fully saturated rings. The molecule has 0 atom stereocenters. The number of nitrogens with zero attached hydrogens (tertiary/aromatic N) is 4. The molecule has 10 heteroatoms. The van der Waals surface area contributed by atoms with Crippen LogP contribution in [0.25, 0.3) is 10.9 Å². The molecule has 1 aliphatic rings. The second kappa shape index (κ2) is 13.1. The second-order valence-electron chi connectivity index (χ2n) is 11.1. The number of hydrogen-bond acceptors (Lipinski definition) is 9. The maximum absolute atomic E-state index is 12.7. The Labute approximate surface area is 246 Å². The number of aromatic nitrogens is 3. The number of ether oxygens (including phenoxy) is 2. The molecule has 220 valence electrons. The van der Waals surface area contributed by atoms with Gasteiger partial charge in [-0.2, -0.15) is 0 Å². The molecular weight excluding hydrogens is 530 g/mol. The normalized spacial score (nSPS) is 14.0. The van der Waals surface area contributed by atoms with E-state index in [1.165, 1.54) is 6.33 Å². The van der Waals surface area contributed by atoms with Crippen molar-refractivity contribution in [1.29, 1.82) is 0 Å². The minimum Gasteiger partial charge on any atom is -0.457 e. The largest absolute Gasteiger partial charge is 0.457 e. The third-order valence-electron chi connectivity index (χ3n) is 7.46. The molecule has 1 saturated heterocycles. The number of morpholine rings is 1. The summed E-state index contributed by atoms with van der Waals surface area (Å²) in [4.78, 5) is 28.5. The van der Waals surface area contributed by atoms with Crippen LogP contribution in [0.1, 0.15) is 43.1 Å². The quantitative estimate of drug-likeness (QED) is 0.214. The summed E-state index contributed by atoms with van der Waals surface area (Å²) in [6.07, 6.45) is 4.13. The third-order valence-corrected chi connectivity index (χ3v) is 7.46. The Bertz CT molecular complexity index is 1540. The van der Waals surface area contributed by atoms with Crippen LogP contribution in [0.5, 0.6) is 11.5 Å². The van der Waals surface area contributed by atoms with Crippen molar-refractivity contribution >= 4 is 34.1 Å². The van der Waals surface area contributed by atoms with E-state index in [9.17, 15) is 4.79 Å². The van der Waals surface area contributed by atoms with E-state index >= 15 is 0 Å². The Morgan fingerprint density at radius 3 is 2.69 bits per heavy atom. The molecule has 0 unspecified atom stereocenters. The van der Waals surface area contributed by atoms with Crippen molar-refractivity contribution in [2.45, 2.75) is 39.7 Å². The summed E-state index contributed by atoms with van der Waals surface area (Å²) in [6.45, 7) is 13.3. The number of rotatable bonds is 11. The number of hydrogen-bond donors (Lipinski definition) is 3. The van der Waals surface area contributed by atoms with E-state index in [4.69, 9.17) is 9.47 Å². The third kappa shape index (κ3) is 7.51. The Hall–Kier alpha value is -4.28. The first-order valence-corrected chi connectivity index (χ1v) is 14.4. The molecule has 1 aliphatic heterocycles. The van der Waals surface area contributed by atoms with Gasteiger partial charge >= 0.3 is 0 Å². The van der Waals surface area contributed by atoms with Gasteiger partial charge < -0.3 is 25.4 Å². The van der Waals surface area contributed by atoms with Gasteiger partial charge in [0.2, 0.25) is 0 Å². The minimum atomic E-state index is -0.278. The molecule has 0 spiro atoms. The zero-order valence-electron chi connectivity index (χ0n) is 24.7. The fraction of sp³-hybridized carbons (Fsp3) is 0.375. The smallest absolute Gasteiger partial charge is 0.251 e. The van der Waals surface area contributed by atoms with Crippen molar-refractivity contribution in [2.75, 3.05) is 50.0 Å². The molecule has 1 amide bonds. The van der Waals surface area contributed by atoms with Gasteiger partial charge in [-0.15, -0.1) is 0 Å². The van der Waals surface area contributed by atoms with Gasteiger partial charge in [0.1, 0.15) is 29.5 Å². The van der Waals surface area contributed by atoms with Crippen molar-refractivity contribution in [3.63, 3.8) is 0 Å². The molecule has 0 aliphatic carbocycles. The summed E-state index contributed by atoms with van der Waals surface area (Å²) in [6, 6.07) is 15.1. The Morgan fingerprint density at radius 2 is 1.90 bits per heavy atom. The summed E-state index contributed by atoms with van der Waals surface area (Å²) in [5.41, 5.74) is 2.85. The van der Waals surface area contributed by atoms with Gasteiger partial charge in [0.15, 0.2) is 0 Å². The van der Waals surface area contributed by atoms with E-state index < -0.39 is 0 Å². The fourth-order valence-electron chi connectivity index (χ4n) is 4.60. The van der Waals surface area contributed by atoms with Crippen molar-refractivity contribution in [1.82, 2.24) is 25.2 Å². The topological polar surface area (TPSA) is 114 Å². The predicted octanol–water partition coefficient (Wildman–Crippen LogP) is 5.53. The highest BCUT2D eigenvalue weighted by Crippen LogP contribution is 2.30. The van der Waals surface area contributed by atoms with E-state index in [-0.39, 0.29) is 11.4 Å². The van der Waals surface area contributed by atoms with Crippen molar-refractivity contribution in [2.24, 2.45) is 0 Å². The molecule has 0 bridgehead atoms. The number of benzene rings is 2. The molecule has 3 heterocycles. The summed E-state index contributed by atoms with van der Waals surface area (Å²) in [5, 5.41) is 10.8. The average Bonchev–Trinajstić information content (AvgIpc) is 2.99. The fourth-order valence-corrected chi connectivity index (χ4v) is 4.60. The van der Waals surface area contributed by atoms with E-state index in [1.54, 1.807) is 18.3 Å². The highest BCUT2D eigenvalue weighted by atomic mass is 16.5. The van der Waals surface area contributed by atoms with Gasteiger partial charge in [0.25, 0.3) is 5.91 Å². The van der Waals surface area contributed by atoms with Crippen LogP contribution in [-0.4, -0.2) is 70.7 Å². The van der Waals surface area contributed by atoms with Gasteiger partial charge in [-0.05, 0) is 75.2 Å². The molecule has 4 aromatic rings. The molecular formula is C32H39N7O3. The number of nitrogens with one attached hydrogen (secondary N) is 3. The van der Waals surface area contributed by atoms with Crippen LogP contribution in [0.15, 0.2) is 61.1 Å². The first kappa shape index (κ1) is 29.2. The highest BCUT2D eigenvalue weighted by Gasteiger charge is 2.19. The van der Waals surface area contributed by atoms with Gasteiger partial charge in [0.05, 0.1) is 24.9 Å². The lowest BCUT2D eigenvalue weighted by Gasteiger charge is -2.26. The maximum atomic E-state index is 12.7. The summed E-state index contributed by atoms with van der Waals surface area (Å²) >= 11 is 0. The lowest BCUT2D eigenvalue weighted by atomic mass is 10.0. The van der Waals surface area contributed by atoms with Crippen LogP contribution in [0.4, 0.5) is 17.3 Å². The molecule has 2 aromatic heterocycles. The second-order valence-corrected chi connectivity index (χ2v) is 11.1. The first-order valence-electron chi connectivity index (χ1n) is 14.4. The molecule has 0 saturated carbocycles. The Balaban J connectivity index is 1.26. The number of anilines is 3. The van der Waals surface area contributed by atoms with Crippen LogP contribution in [-0.2, 0) is 4.74 Å². The molecule has 42 heavy (non-hydrogen) atoms. The number of carbonyl (C=O) groups is 1. The molecule has 5 rings (SSSR count). The van der Waals surface area contributed by atoms with E-state index in [2.05, 4.69) is 42.7 Å². The van der Waals surface area contributed by atoms with Crippen molar-refractivity contribution in [3.05, 3.63) is 72.2 Å². The SMILES string of the molecule is CCC(C)(C)NC(=O)c1cccc(Oc2ccc(Nc3ncnc4cnc(NCCN5CCOCC5)cc34)cc2C)c1. The maximum Gasteiger partial charge on any atom is 0.251 e. The molecule has 3 N–H and O–H groups in total. The highest BCUT2D eigenvalue weighted by molar-refractivity contribution is 5.95. The number of amides is 1. The number of fused-ring (bicyclic) bond motifs is 1. The van der Waals surface area contributed by atoms with Gasteiger partial charge in [-0.1, -0.05) is 13.0 Å². The summed E-state index contributed by atoms with van der Waals surface area (Å²) in [7, 11) is 0. The van der Waals surface area contributed by atoms with Crippen LogP contribution >= 0.6 is 0 Å². The number of aryl methyl sites for hydroxylation is 1. The lowest BCUT2D eigenvalue weighted by molar-refractivity contribution is 0.0398. The van der Waals surface area contributed by atoms with Crippen LogP contribution in [0.2, 0.25) is 0 Å². The lowest BCUT2D eigenvalue weighted by Crippen LogP contribution is -2.42.